The minimum atomic E-state index is 0.573. The molecular formula is C17H21NS. The molecule has 19 heavy (non-hydrogen) atoms. The molecule has 2 aromatic rings. The second-order valence-corrected chi connectivity index (χ2v) is 7.05. The van der Waals surface area contributed by atoms with Gasteiger partial charge in [0.25, 0.3) is 0 Å². The summed E-state index contributed by atoms with van der Waals surface area (Å²) in [5.74, 6) is 2.90. The van der Waals surface area contributed by atoms with E-state index in [2.05, 4.69) is 42.0 Å². The van der Waals surface area contributed by atoms with Crippen molar-refractivity contribution in [2.24, 2.45) is 17.8 Å². The van der Waals surface area contributed by atoms with Gasteiger partial charge >= 0.3 is 0 Å². The molecule has 1 aromatic carbocycles. The van der Waals surface area contributed by atoms with Crippen molar-refractivity contribution >= 4 is 21.4 Å². The summed E-state index contributed by atoms with van der Waals surface area (Å²) in [4.78, 5) is 0. The number of benzene rings is 1. The highest BCUT2D eigenvalue weighted by molar-refractivity contribution is 7.17. The molecule has 2 heteroatoms. The molecule has 2 aliphatic carbocycles. The Labute approximate surface area is 119 Å². The van der Waals surface area contributed by atoms with Crippen LogP contribution in [0, 0.1) is 17.8 Å². The maximum absolute atomic E-state index is 3.62. The molecule has 4 rings (SSSR count). The van der Waals surface area contributed by atoms with Gasteiger partial charge in [-0.3, -0.25) is 0 Å². The zero-order valence-corrected chi connectivity index (χ0v) is 12.2. The molecule has 2 saturated carbocycles. The van der Waals surface area contributed by atoms with Gasteiger partial charge in [-0.1, -0.05) is 31.0 Å². The van der Waals surface area contributed by atoms with Crippen LogP contribution in [0.5, 0.6) is 0 Å². The van der Waals surface area contributed by atoms with E-state index < -0.39 is 0 Å². The van der Waals surface area contributed by atoms with E-state index in [9.17, 15) is 0 Å². The van der Waals surface area contributed by atoms with Crippen LogP contribution in [-0.2, 0) is 0 Å². The molecule has 3 unspecified atom stereocenters. The lowest BCUT2D eigenvalue weighted by atomic mass is 9.99. The highest BCUT2D eigenvalue weighted by Gasteiger charge is 2.54. The Morgan fingerprint density at radius 3 is 2.63 bits per heavy atom. The topological polar surface area (TPSA) is 12.0 Å². The Kier molecular flexibility index (Phi) is 2.89. The monoisotopic (exact) mass is 271 g/mol. The third-order valence-corrected chi connectivity index (χ3v) is 6.25. The highest BCUT2D eigenvalue weighted by Crippen LogP contribution is 2.60. The number of rotatable bonds is 3. The zero-order valence-electron chi connectivity index (χ0n) is 11.4. The molecule has 0 bridgehead atoms. The Balaban J connectivity index is 1.69. The van der Waals surface area contributed by atoms with Gasteiger partial charge in [0.1, 0.15) is 0 Å². The standard InChI is InChI=1S/C17H21NS/c1-18-17(16-12-7-2-3-8-13(12)16)14-10-19-15-9-5-4-6-11(14)15/h4-6,9-10,12-13,16-18H,2-3,7-8H2,1H3. The molecule has 0 saturated heterocycles. The van der Waals surface area contributed by atoms with Crippen LogP contribution in [0.4, 0.5) is 0 Å². The smallest absolute Gasteiger partial charge is 0.0366 e. The van der Waals surface area contributed by atoms with E-state index in [-0.39, 0.29) is 0 Å². The first-order valence-corrected chi connectivity index (χ1v) is 8.41. The van der Waals surface area contributed by atoms with E-state index >= 15 is 0 Å². The van der Waals surface area contributed by atoms with Crippen LogP contribution in [0.2, 0.25) is 0 Å². The van der Waals surface area contributed by atoms with Crippen molar-refractivity contribution in [1.82, 2.24) is 5.32 Å². The average molecular weight is 271 g/mol. The number of hydrogen-bond acceptors (Lipinski definition) is 2. The Morgan fingerprint density at radius 2 is 1.89 bits per heavy atom. The summed E-state index contributed by atoms with van der Waals surface area (Å²) in [7, 11) is 2.14. The maximum Gasteiger partial charge on any atom is 0.0366 e. The average Bonchev–Trinajstić information content (AvgIpc) is 3.02. The molecule has 100 valence electrons. The minimum Gasteiger partial charge on any atom is -0.313 e. The van der Waals surface area contributed by atoms with Crippen molar-refractivity contribution in [1.29, 1.82) is 0 Å². The third-order valence-electron chi connectivity index (χ3n) is 5.26. The van der Waals surface area contributed by atoms with E-state index in [1.54, 1.807) is 5.56 Å². The molecule has 0 amide bonds. The molecule has 0 aliphatic heterocycles. The van der Waals surface area contributed by atoms with Crippen molar-refractivity contribution in [2.45, 2.75) is 31.7 Å². The molecule has 1 aromatic heterocycles. The van der Waals surface area contributed by atoms with Gasteiger partial charge < -0.3 is 5.32 Å². The molecule has 0 radical (unpaired) electrons. The molecule has 1 N–H and O–H groups in total. The summed E-state index contributed by atoms with van der Waals surface area (Å²) in [5.41, 5.74) is 1.54. The molecule has 0 spiro atoms. The number of fused-ring (bicyclic) bond motifs is 2. The maximum atomic E-state index is 3.62. The van der Waals surface area contributed by atoms with Crippen molar-refractivity contribution in [2.75, 3.05) is 7.05 Å². The van der Waals surface area contributed by atoms with Crippen LogP contribution in [0.15, 0.2) is 29.6 Å². The van der Waals surface area contributed by atoms with Crippen LogP contribution in [0.1, 0.15) is 37.3 Å². The van der Waals surface area contributed by atoms with Gasteiger partial charge in [-0.05, 0) is 60.0 Å². The molecule has 1 heterocycles. The number of nitrogens with one attached hydrogen (secondary N) is 1. The van der Waals surface area contributed by atoms with E-state index in [0.29, 0.717) is 6.04 Å². The lowest BCUT2D eigenvalue weighted by molar-refractivity contribution is 0.480. The second-order valence-electron chi connectivity index (χ2n) is 6.14. The predicted molar refractivity (Wildman–Crippen MR) is 82.6 cm³/mol. The molecule has 2 fully saturated rings. The fourth-order valence-corrected chi connectivity index (χ4v) is 5.33. The van der Waals surface area contributed by atoms with Gasteiger partial charge in [0.2, 0.25) is 0 Å². The van der Waals surface area contributed by atoms with E-state index in [4.69, 9.17) is 0 Å². The summed E-state index contributed by atoms with van der Waals surface area (Å²) in [6, 6.07) is 9.43. The zero-order chi connectivity index (χ0) is 12.8. The molecule has 3 atom stereocenters. The van der Waals surface area contributed by atoms with Crippen LogP contribution < -0.4 is 5.32 Å². The van der Waals surface area contributed by atoms with Gasteiger partial charge in [-0.15, -0.1) is 11.3 Å². The van der Waals surface area contributed by atoms with E-state index in [1.807, 2.05) is 11.3 Å². The Hall–Kier alpha value is -0.860. The van der Waals surface area contributed by atoms with Crippen molar-refractivity contribution in [3.63, 3.8) is 0 Å². The molecule has 2 aliphatic rings. The van der Waals surface area contributed by atoms with Crippen molar-refractivity contribution < 1.29 is 0 Å². The van der Waals surface area contributed by atoms with E-state index in [1.165, 1.54) is 35.8 Å². The van der Waals surface area contributed by atoms with Gasteiger partial charge in [-0.25, -0.2) is 0 Å². The summed E-state index contributed by atoms with van der Waals surface area (Å²) >= 11 is 1.90. The van der Waals surface area contributed by atoms with Gasteiger partial charge in [0.05, 0.1) is 0 Å². The second kappa shape index (κ2) is 4.60. The fraction of sp³-hybridized carbons (Fsp3) is 0.529. The van der Waals surface area contributed by atoms with Crippen LogP contribution in [0.25, 0.3) is 10.1 Å². The van der Waals surface area contributed by atoms with Gasteiger partial charge in [0, 0.05) is 10.7 Å². The quantitative estimate of drug-likeness (QED) is 0.860. The lowest BCUT2D eigenvalue weighted by Crippen LogP contribution is -2.19. The fourth-order valence-electron chi connectivity index (χ4n) is 4.34. The summed E-state index contributed by atoms with van der Waals surface area (Å²) in [5, 5.41) is 7.47. The highest BCUT2D eigenvalue weighted by atomic mass is 32.1. The minimum absolute atomic E-state index is 0.573. The third kappa shape index (κ3) is 1.85. The largest absolute Gasteiger partial charge is 0.313 e. The summed E-state index contributed by atoms with van der Waals surface area (Å²) in [6.07, 6.45) is 5.85. The van der Waals surface area contributed by atoms with Crippen LogP contribution >= 0.6 is 11.3 Å². The number of hydrogen-bond donors (Lipinski definition) is 1. The normalized spacial score (nSPS) is 31.1. The SMILES string of the molecule is CNC(c1csc2ccccc12)C1C2CCCCC21. The van der Waals surface area contributed by atoms with Gasteiger partial charge in [-0.2, -0.15) is 0 Å². The van der Waals surface area contributed by atoms with Crippen molar-refractivity contribution in [3.8, 4) is 0 Å². The van der Waals surface area contributed by atoms with Crippen LogP contribution in [0.3, 0.4) is 0 Å². The van der Waals surface area contributed by atoms with E-state index in [0.717, 1.165) is 17.8 Å². The Bertz CT molecular complexity index is 576. The summed E-state index contributed by atoms with van der Waals surface area (Å²) < 4.78 is 1.43. The van der Waals surface area contributed by atoms with Gasteiger partial charge in [0.15, 0.2) is 0 Å². The lowest BCUT2D eigenvalue weighted by Gasteiger charge is -2.16. The first-order chi connectivity index (χ1) is 9.40. The first-order valence-electron chi connectivity index (χ1n) is 7.53. The molecule has 1 nitrogen and oxygen atoms in total. The predicted octanol–water partition coefficient (Wildman–Crippen LogP) is 4.60. The summed E-state index contributed by atoms with van der Waals surface area (Å²) in [6.45, 7) is 0. The number of thiophene rings is 1. The first kappa shape index (κ1) is 11.9. The van der Waals surface area contributed by atoms with Crippen LogP contribution in [-0.4, -0.2) is 7.05 Å². The molecular weight excluding hydrogens is 250 g/mol. The van der Waals surface area contributed by atoms with Crippen molar-refractivity contribution in [3.05, 3.63) is 35.2 Å². The Morgan fingerprint density at radius 1 is 1.16 bits per heavy atom.